The molecule has 0 saturated heterocycles. The predicted octanol–water partition coefficient (Wildman–Crippen LogP) is 2.85. The normalized spacial score (nSPS) is 16.5. The van der Waals surface area contributed by atoms with Crippen LogP contribution in [0.4, 0.5) is 0 Å². The Morgan fingerprint density at radius 1 is 1.14 bits per heavy atom. The fourth-order valence-corrected chi connectivity index (χ4v) is 3.80. The van der Waals surface area contributed by atoms with Gasteiger partial charge < -0.3 is 10.6 Å². The molecule has 1 aliphatic rings. The van der Waals surface area contributed by atoms with Gasteiger partial charge >= 0.3 is 0 Å². The molecule has 0 radical (unpaired) electrons. The van der Waals surface area contributed by atoms with E-state index in [9.17, 15) is 9.59 Å². The Balaban J connectivity index is 1.59. The topological polar surface area (TPSA) is 76.0 Å². The van der Waals surface area contributed by atoms with Crippen molar-refractivity contribution in [2.24, 2.45) is 0 Å². The second kappa shape index (κ2) is 8.59. The number of carbonyl (C=O) groups is 2. The highest BCUT2D eigenvalue weighted by Gasteiger charge is 2.36. The third-order valence-corrected chi connectivity index (χ3v) is 5.61. The molecule has 1 fully saturated rings. The number of carbonyl (C=O) groups excluding carboxylic acids is 2. The van der Waals surface area contributed by atoms with E-state index < -0.39 is 0 Å². The number of aromatic nitrogens is 2. The van der Waals surface area contributed by atoms with E-state index in [2.05, 4.69) is 15.7 Å². The molecule has 1 unspecified atom stereocenters. The predicted molar refractivity (Wildman–Crippen MR) is 109 cm³/mol. The van der Waals surface area contributed by atoms with E-state index in [1.54, 1.807) is 10.9 Å². The van der Waals surface area contributed by atoms with Crippen LogP contribution < -0.4 is 10.6 Å². The third kappa shape index (κ3) is 5.00. The summed E-state index contributed by atoms with van der Waals surface area (Å²) in [4.78, 5) is 25.2. The Bertz CT molecular complexity index is 819. The number of benzene rings is 1. The van der Waals surface area contributed by atoms with Crippen molar-refractivity contribution in [1.82, 2.24) is 20.4 Å². The molecule has 1 aromatic heterocycles. The highest BCUT2D eigenvalue weighted by molar-refractivity contribution is 5.84. The lowest BCUT2D eigenvalue weighted by Gasteiger charge is -2.32. The van der Waals surface area contributed by atoms with E-state index >= 15 is 0 Å². The quantitative estimate of drug-likeness (QED) is 0.773. The number of hydrogen-bond donors (Lipinski definition) is 2. The second-order valence-electron chi connectivity index (χ2n) is 8.10. The molecule has 0 bridgehead atoms. The molecule has 6 nitrogen and oxygen atoms in total. The van der Waals surface area contributed by atoms with Crippen molar-refractivity contribution >= 4 is 11.8 Å². The van der Waals surface area contributed by atoms with E-state index in [-0.39, 0.29) is 29.8 Å². The first-order chi connectivity index (χ1) is 13.4. The number of nitrogens with one attached hydrogen (secondary N) is 2. The van der Waals surface area contributed by atoms with Crippen LogP contribution in [-0.4, -0.2) is 33.7 Å². The SMILES string of the molecule is Cc1ccc(C(C)C(=O)NC2(CNC(=O)Cn3cc(C)cn3)CCCC2)cc1. The van der Waals surface area contributed by atoms with Gasteiger partial charge in [0.1, 0.15) is 6.54 Å². The number of amides is 2. The zero-order valence-corrected chi connectivity index (χ0v) is 17.0. The Morgan fingerprint density at radius 3 is 2.43 bits per heavy atom. The van der Waals surface area contributed by atoms with E-state index in [0.717, 1.165) is 36.8 Å². The first-order valence-corrected chi connectivity index (χ1v) is 10.0. The Kier molecular flexibility index (Phi) is 6.17. The van der Waals surface area contributed by atoms with Crippen molar-refractivity contribution in [3.63, 3.8) is 0 Å². The molecule has 1 heterocycles. The summed E-state index contributed by atoms with van der Waals surface area (Å²) in [6.07, 6.45) is 7.48. The van der Waals surface area contributed by atoms with Crippen molar-refractivity contribution in [3.05, 3.63) is 53.3 Å². The van der Waals surface area contributed by atoms with Gasteiger partial charge in [-0.1, -0.05) is 42.7 Å². The summed E-state index contributed by atoms with van der Waals surface area (Å²) in [7, 11) is 0. The van der Waals surface area contributed by atoms with E-state index in [1.807, 2.05) is 51.2 Å². The van der Waals surface area contributed by atoms with Gasteiger partial charge in [-0.2, -0.15) is 5.10 Å². The minimum Gasteiger partial charge on any atom is -0.352 e. The Hall–Kier alpha value is -2.63. The summed E-state index contributed by atoms with van der Waals surface area (Å²) in [5.74, 6) is -0.293. The van der Waals surface area contributed by atoms with Crippen LogP contribution in [0.1, 0.15) is 55.2 Å². The summed E-state index contributed by atoms with van der Waals surface area (Å²) in [5.41, 5.74) is 2.86. The van der Waals surface area contributed by atoms with Gasteiger partial charge in [0, 0.05) is 12.7 Å². The number of rotatable bonds is 7. The zero-order valence-electron chi connectivity index (χ0n) is 17.0. The maximum absolute atomic E-state index is 12.9. The number of hydrogen-bond acceptors (Lipinski definition) is 3. The van der Waals surface area contributed by atoms with Gasteiger partial charge in [-0.15, -0.1) is 0 Å². The highest BCUT2D eigenvalue weighted by Crippen LogP contribution is 2.30. The lowest BCUT2D eigenvalue weighted by molar-refractivity contribution is -0.126. The van der Waals surface area contributed by atoms with Crippen LogP contribution in [0.5, 0.6) is 0 Å². The van der Waals surface area contributed by atoms with Gasteiger partial charge in [-0.3, -0.25) is 14.3 Å². The van der Waals surface area contributed by atoms with Crippen molar-refractivity contribution in [1.29, 1.82) is 0 Å². The molecule has 2 aromatic rings. The molecule has 2 amide bonds. The van der Waals surface area contributed by atoms with Gasteiger partial charge in [-0.25, -0.2) is 0 Å². The molecule has 3 rings (SSSR count). The molecule has 1 atom stereocenters. The van der Waals surface area contributed by atoms with E-state index in [1.165, 1.54) is 5.56 Å². The molecule has 0 aliphatic heterocycles. The average molecular weight is 383 g/mol. The standard InChI is InChI=1S/C22H30N4O2/c1-16-6-8-19(9-7-16)18(3)21(28)25-22(10-4-5-11-22)15-23-20(27)14-26-13-17(2)12-24-26/h6-9,12-13,18H,4-5,10-11,14-15H2,1-3H3,(H,23,27)(H,25,28). The van der Waals surface area contributed by atoms with Crippen molar-refractivity contribution in [2.75, 3.05) is 6.54 Å². The minimum absolute atomic E-state index is 0.0164. The van der Waals surface area contributed by atoms with Gasteiger partial charge in [0.25, 0.3) is 0 Å². The minimum atomic E-state index is -0.355. The highest BCUT2D eigenvalue weighted by atomic mass is 16.2. The van der Waals surface area contributed by atoms with E-state index in [4.69, 9.17) is 0 Å². The molecular weight excluding hydrogens is 352 g/mol. The van der Waals surface area contributed by atoms with Gasteiger partial charge in [0.2, 0.25) is 11.8 Å². The molecule has 28 heavy (non-hydrogen) atoms. The molecule has 1 saturated carbocycles. The van der Waals surface area contributed by atoms with Gasteiger partial charge in [-0.05, 0) is 44.7 Å². The maximum Gasteiger partial charge on any atom is 0.241 e. The largest absolute Gasteiger partial charge is 0.352 e. The van der Waals surface area contributed by atoms with Crippen LogP contribution in [-0.2, 0) is 16.1 Å². The lowest BCUT2D eigenvalue weighted by atomic mass is 9.93. The van der Waals surface area contributed by atoms with Crippen LogP contribution in [0.3, 0.4) is 0 Å². The Morgan fingerprint density at radius 2 is 1.82 bits per heavy atom. The monoisotopic (exact) mass is 382 g/mol. The van der Waals surface area contributed by atoms with E-state index in [0.29, 0.717) is 6.54 Å². The summed E-state index contributed by atoms with van der Waals surface area (Å²) in [6, 6.07) is 8.08. The second-order valence-corrected chi connectivity index (χ2v) is 8.10. The van der Waals surface area contributed by atoms with Crippen LogP contribution >= 0.6 is 0 Å². The maximum atomic E-state index is 12.9. The summed E-state index contributed by atoms with van der Waals surface area (Å²) >= 11 is 0. The fraction of sp³-hybridized carbons (Fsp3) is 0.500. The van der Waals surface area contributed by atoms with Crippen LogP contribution in [0.25, 0.3) is 0 Å². The van der Waals surface area contributed by atoms with Crippen molar-refractivity contribution < 1.29 is 9.59 Å². The first-order valence-electron chi connectivity index (χ1n) is 10.0. The van der Waals surface area contributed by atoms with Crippen molar-refractivity contribution in [3.8, 4) is 0 Å². The van der Waals surface area contributed by atoms with Gasteiger partial charge in [0.05, 0.1) is 17.7 Å². The smallest absolute Gasteiger partial charge is 0.241 e. The molecule has 150 valence electrons. The summed E-state index contributed by atoms with van der Waals surface area (Å²) in [5, 5.41) is 10.4. The molecule has 1 aliphatic carbocycles. The van der Waals surface area contributed by atoms with Gasteiger partial charge in [0.15, 0.2) is 0 Å². The molecule has 2 N–H and O–H groups in total. The number of aryl methyl sites for hydroxylation is 2. The van der Waals surface area contributed by atoms with Crippen LogP contribution in [0, 0.1) is 13.8 Å². The zero-order chi connectivity index (χ0) is 20.1. The first kappa shape index (κ1) is 20.1. The molecule has 1 aromatic carbocycles. The number of nitrogens with zero attached hydrogens (tertiary/aromatic N) is 2. The molecule has 6 heteroatoms. The fourth-order valence-electron chi connectivity index (χ4n) is 3.80. The molecule has 0 spiro atoms. The lowest BCUT2D eigenvalue weighted by Crippen LogP contribution is -2.55. The summed E-state index contributed by atoms with van der Waals surface area (Å²) in [6.45, 7) is 6.56. The van der Waals surface area contributed by atoms with Crippen LogP contribution in [0.15, 0.2) is 36.7 Å². The summed E-state index contributed by atoms with van der Waals surface area (Å²) < 4.78 is 1.63. The average Bonchev–Trinajstić information content (AvgIpc) is 3.29. The van der Waals surface area contributed by atoms with Crippen LogP contribution in [0.2, 0.25) is 0 Å². The Labute approximate surface area is 166 Å². The molecular formula is C22H30N4O2. The third-order valence-electron chi connectivity index (χ3n) is 5.61. The van der Waals surface area contributed by atoms with Crippen molar-refractivity contribution in [2.45, 2.75) is 64.5 Å².